The molecule has 2 heterocycles. The van der Waals surface area contributed by atoms with Gasteiger partial charge in [0, 0.05) is 6.61 Å². The van der Waals surface area contributed by atoms with Crippen LogP contribution in [0.4, 0.5) is 5.82 Å². The van der Waals surface area contributed by atoms with E-state index in [0.717, 1.165) is 24.8 Å². The van der Waals surface area contributed by atoms with Crippen LogP contribution in [-0.4, -0.2) is 73.9 Å². The summed E-state index contributed by atoms with van der Waals surface area (Å²) in [5.74, 6) is 0.153. The van der Waals surface area contributed by atoms with Gasteiger partial charge in [0.2, 0.25) is 0 Å². The van der Waals surface area contributed by atoms with E-state index in [9.17, 15) is 24.9 Å². The minimum Gasteiger partial charge on any atom is -0.419 e. The van der Waals surface area contributed by atoms with Crippen LogP contribution in [0.3, 0.4) is 0 Å². The van der Waals surface area contributed by atoms with Gasteiger partial charge in [0.25, 0.3) is 6.26 Å². The Morgan fingerprint density at radius 1 is 0.818 bits per heavy atom. The Hall–Kier alpha value is -3.12. The molecule has 3 rings (SSSR count). The fraction of sp³-hybridized carbons (Fsp3) is 0.675. The number of nitrogen functional groups attached to an aromatic ring is 1. The lowest BCUT2D eigenvalue weighted by atomic mass is 10.0. The Labute approximate surface area is 326 Å². The number of ether oxygens (including phenoxy) is 3. The number of nitrogens with zero attached hydrogens (tertiary/aromatic N) is 4. The molecule has 0 aliphatic rings. The van der Waals surface area contributed by atoms with E-state index < -0.39 is 44.9 Å². The third kappa shape index (κ3) is 17.7. The lowest BCUT2D eigenvalue weighted by Gasteiger charge is -2.27. The van der Waals surface area contributed by atoms with E-state index in [1.54, 1.807) is 6.07 Å². The Morgan fingerprint density at radius 3 is 1.96 bits per heavy atom. The van der Waals surface area contributed by atoms with Gasteiger partial charge >= 0.3 is 7.82 Å². The molecule has 0 spiro atoms. The number of fused-ring (bicyclic) bond motifs is 1. The Kier molecular flexibility index (Phi) is 22.4. The summed E-state index contributed by atoms with van der Waals surface area (Å²) in [6.07, 6.45) is 17.0. The lowest BCUT2D eigenvalue weighted by molar-refractivity contribution is -0.0954. The van der Waals surface area contributed by atoms with Crippen LogP contribution in [0.25, 0.3) is 5.52 Å². The SMILES string of the molecule is CCCCCCCCCCCCCCCCCCO[C@@H](C)[C@H](COP(=O)(O)OC[C@@H](OC#N)[C@@H](O)[C@@H](O)c1ccc2c(N)ncnn12)OCc1ccccc1. The van der Waals surface area contributed by atoms with Crippen LogP contribution >= 0.6 is 7.82 Å². The molecule has 0 saturated heterocycles. The fourth-order valence-corrected chi connectivity index (χ4v) is 7.09. The van der Waals surface area contributed by atoms with E-state index in [4.69, 9.17) is 29.0 Å². The van der Waals surface area contributed by atoms with E-state index >= 15 is 0 Å². The first kappa shape index (κ1) is 46.3. The molecule has 0 bridgehead atoms. The monoisotopic (exact) mass is 789 g/mol. The van der Waals surface area contributed by atoms with Crippen molar-refractivity contribution < 1.29 is 42.9 Å². The summed E-state index contributed by atoms with van der Waals surface area (Å²) in [6, 6.07) is 12.5. The third-order valence-corrected chi connectivity index (χ3v) is 10.7. The molecular formula is C40H64N5O9P. The zero-order valence-corrected chi connectivity index (χ0v) is 33.6. The average molecular weight is 790 g/mol. The van der Waals surface area contributed by atoms with Crippen LogP contribution in [0, 0.1) is 11.5 Å². The van der Waals surface area contributed by atoms with Crippen LogP contribution in [0.2, 0.25) is 0 Å². The molecule has 0 fully saturated rings. The van der Waals surface area contributed by atoms with Gasteiger partial charge in [-0.2, -0.15) is 10.4 Å². The van der Waals surface area contributed by atoms with Crippen LogP contribution in [-0.2, 0) is 34.4 Å². The summed E-state index contributed by atoms with van der Waals surface area (Å²) in [4.78, 5) is 14.4. The highest BCUT2D eigenvalue weighted by molar-refractivity contribution is 7.47. The van der Waals surface area contributed by atoms with E-state index in [0.29, 0.717) is 12.1 Å². The predicted octanol–water partition coefficient (Wildman–Crippen LogP) is 7.96. The molecule has 0 aliphatic carbocycles. The third-order valence-electron chi connectivity index (χ3n) is 9.74. The van der Waals surface area contributed by atoms with Crippen molar-refractivity contribution in [2.24, 2.45) is 0 Å². The van der Waals surface area contributed by atoms with Gasteiger partial charge < -0.3 is 35.1 Å². The van der Waals surface area contributed by atoms with E-state index in [1.165, 1.54) is 107 Å². The summed E-state index contributed by atoms with van der Waals surface area (Å²) >= 11 is 0. The molecular weight excluding hydrogens is 725 g/mol. The first-order valence-corrected chi connectivity index (χ1v) is 21.5. The van der Waals surface area contributed by atoms with Gasteiger partial charge in [-0.1, -0.05) is 134 Å². The molecule has 14 nitrogen and oxygen atoms in total. The molecule has 0 amide bonds. The summed E-state index contributed by atoms with van der Waals surface area (Å²) in [6.45, 7) is 3.73. The Bertz CT molecular complexity index is 1540. The summed E-state index contributed by atoms with van der Waals surface area (Å²) in [7, 11) is -4.76. The van der Waals surface area contributed by atoms with Crippen molar-refractivity contribution >= 4 is 19.2 Å². The van der Waals surface area contributed by atoms with Gasteiger partial charge in [-0.3, -0.25) is 9.05 Å². The molecule has 15 heteroatoms. The Balaban J connectivity index is 1.40. The topological polar surface area (TPSA) is 204 Å². The molecule has 0 radical (unpaired) electrons. The largest absolute Gasteiger partial charge is 0.472 e. The summed E-state index contributed by atoms with van der Waals surface area (Å²) < 4.78 is 41.8. The maximum Gasteiger partial charge on any atom is 0.472 e. The molecule has 1 unspecified atom stereocenters. The average Bonchev–Trinajstić information content (AvgIpc) is 3.63. The number of aliphatic hydroxyl groups excluding tert-OH is 2. The summed E-state index contributed by atoms with van der Waals surface area (Å²) in [5, 5.41) is 35.0. The molecule has 6 atom stereocenters. The van der Waals surface area contributed by atoms with Crippen LogP contribution in [0.5, 0.6) is 0 Å². The Morgan fingerprint density at radius 2 is 1.38 bits per heavy atom. The van der Waals surface area contributed by atoms with E-state index in [1.807, 2.05) is 37.3 Å². The van der Waals surface area contributed by atoms with Gasteiger partial charge in [-0.05, 0) is 31.0 Å². The highest BCUT2D eigenvalue weighted by Gasteiger charge is 2.35. The molecule has 5 N–H and O–H groups in total. The number of nitriles is 1. The second-order valence-corrected chi connectivity index (χ2v) is 15.6. The van der Waals surface area contributed by atoms with Gasteiger partial charge in [0.05, 0.1) is 31.6 Å². The first-order chi connectivity index (χ1) is 26.7. The number of anilines is 1. The normalized spacial score (nSPS) is 15.6. The van der Waals surface area contributed by atoms with Crippen molar-refractivity contribution in [2.45, 2.75) is 154 Å². The molecule has 0 aliphatic heterocycles. The maximum absolute atomic E-state index is 13.0. The number of phosphoric acid groups is 1. The van der Waals surface area contributed by atoms with Crippen molar-refractivity contribution in [3.05, 3.63) is 60.0 Å². The second-order valence-electron chi connectivity index (χ2n) is 14.2. The van der Waals surface area contributed by atoms with Crippen LogP contribution in [0.1, 0.15) is 134 Å². The number of phosphoric ester groups is 1. The standard InChI is InChI=1S/C40H64N5O9P/c1-3-4-5-6-7-8-9-10-11-12-13-14-15-16-17-21-26-50-32(2)36(51-27-33-22-19-18-20-23-33)28-53-55(48,49)54-29-37(52-30-41)39(47)38(46)34-24-25-35-40(42)43-31-44-45(34)35/h18-20,22-25,31-32,36-39,46-47H,3-17,21,26-29H2,1-2H3,(H,48,49)(H2,42,43,44)/t32-,36-,37+,38-,39+/m0/s1. The zero-order chi connectivity index (χ0) is 39.7. The van der Waals surface area contributed by atoms with Crippen molar-refractivity contribution in [1.29, 1.82) is 5.26 Å². The number of nitrogens with two attached hydrogens (primary N) is 1. The number of hydrogen-bond acceptors (Lipinski definition) is 12. The second kappa shape index (κ2) is 26.7. The van der Waals surface area contributed by atoms with E-state index in [2.05, 4.69) is 17.0 Å². The summed E-state index contributed by atoms with van der Waals surface area (Å²) in [5.41, 5.74) is 7.28. The van der Waals surface area contributed by atoms with Crippen LogP contribution in [0.15, 0.2) is 48.8 Å². The van der Waals surface area contributed by atoms with Gasteiger partial charge in [-0.15, -0.1) is 0 Å². The van der Waals surface area contributed by atoms with E-state index in [-0.39, 0.29) is 24.7 Å². The molecule has 308 valence electrons. The molecule has 1 aromatic carbocycles. The number of hydrogen-bond donors (Lipinski definition) is 4. The van der Waals surface area contributed by atoms with Gasteiger partial charge in [0.15, 0.2) is 11.9 Å². The molecule has 3 aromatic rings. The predicted molar refractivity (Wildman–Crippen MR) is 211 cm³/mol. The van der Waals surface area contributed by atoms with Crippen molar-refractivity contribution in [2.75, 3.05) is 25.6 Å². The molecule has 0 saturated carbocycles. The highest BCUT2D eigenvalue weighted by atomic mass is 31.2. The minimum atomic E-state index is -4.76. The zero-order valence-electron chi connectivity index (χ0n) is 32.8. The number of unbranched alkanes of at least 4 members (excludes halogenated alkanes) is 15. The number of rotatable bonds is 32. The molecule has 2 aromatic heterocycles. The van der Waals surface area contributed by atoms with Gasteiger partial charge in [0.1, 0.15) is 30.2 Å². The first-order valence-electron chi connectivity index (χ1n) is 20.0. The number of aromatic nitrogens is 3. The van der Waals surface area contributed by atoms with Crippen LogP contribution < -0.4 is 5.73 Å². The van der Waals surface area contributed by atoms with Crippen molar-refractivity contribution in [3.63, 3.8) is 0 Å². The van der Waals surface area contributed by atoms with Crippen molar-refractivity contribution in [1.82, 2.24) is 14.6 Å². The maximum atomic E-state index is 13.0. The van der Waals surface area contributed by atoms with Crippen molar-refractivity contribution in [3.8, 4) is 6.26 Å². The van der Waals surface area contributed by atoms with Gasteiger partial charge in [-0.25, -0.2) is 14.1 Å². The lowest BCUT2D eigenvalue weighted by Crippen LogP contribution is -2.37. The highest BCUT2D eigenvalue weighted by Crippen LogP contribution is 2.44. The number of benzene rings is 1. The molecule has 55 heavy (non-hydrogen) atoms. The minimum absolute atomic E-state index is 0.124. The number of aliphatic hydroxyl groups is 2. The smallest absolute Gasteiger partial charge is 0.419 e. The quantitative estimate of drug-likeness (QED) is 0.0270. The fourth-order valence-electron chi connectivity index (χ4n) is 6.34.